The summed E-state index contributed by atoms with van der Waals surface area (Å²) in [6, 6.07) is 11.3. The molecule has 0 aromatic heterocycles. The minimum atomic E-state index is -1.12. The Kier molecular flexibility index (Phi) is 4.47. The number of carboxylic acids is 1. The molecule has 0 bridgehead atoms. The normalized spacial score (nSPS) is 12.9. The van der Waals surface area contributed by atoms with Gasteiger partial charge in [0.15, 0.2) is 6.61 Å². The minimum Gasteiger partial charge on any atom is -0.482 e. The molecule has 7 heteroatoms. The van der Waals surface area contributed by atoms with Gasteiger partial charge < -0.3 is 20.5 Å². The molecule has 1 aliphatic heterocycles. The van der Waals surface area contributed by atoms with E-state index in [2.05, 4.69) is 10.6 Å². The summed E-state index contributed by atoms with van der Waals surface area (Å²) in [5.74, 6) is -1.26. The Morgan fingerprint density at radius 1 is 1.20 bits per heavy atom. The van der Waals surface area contributed by atoms with Crippen molar-refractivity contribution in [2.45, 2.75) is 0 Å². The van der Waals surface area contributed by atoms with Crippen LogP contribution in [0.4, 0.5) is 11.4 Å². The quantitative estimate of drug-likeness (QED) is 0.742. The lowest BCUT2D eigenvalue weighted by atomic mass is 10.1. The first-order valence-corrected chi connectivity index (χ1v) is 7.41. The third-order valence-corrected chi connectivity index (χ3v) is 3.48. The molecule has 0 aliphatic carbocycles. The van der Waals surface area contributed by atoms with Gasteiger partial charge in [-0.3, -0.25) is 9.59 Å². The maximum atomic E-state index is 12.0. The van der Waals surface area contributed by atoms with E-state index in [0.717, 1.165) is 0 Å². The molecule has 0 radical (unpaired) electrons. The summed E-state index contributed by atoms with van der Waals surface area (Å²) in [6.07, 6.45) is 2.84. The lowest BCUT2D eigenvalue weighted by Gasteiger charge is -2.17. The third-order valence-electron chi connectivity index (χ3n) is 3.48. The van der Waals surface area contributed by atoms with Gasteiger partial charge in [0.2, 0.25) is 5.91 Å². The maximum Gasteiger partial charge on any atom is 0.337 e. The number of carbonyl (C=O) groups is 3. The molecule has 1 heterocycles. The van der Waals surface area contributed by atoms with Crippen LogP contribution in [0.15, 0.2) is 48.5 Å². The lowest BCUT2D eigenvalue weighted by molar-refractivity contribution is -0.118. The molecule has 0 unspecified atom stereocenters. The molecule has 2 aromatic carbocycles. The Morgan fingerprint density at radius 3 is 2.80 bits per heavy atom. The first kappa shape index (κ1) is 16.3. The van der Waals surface area contributed by atoms with Crippen LogP contribution in [-0.2, 0) is 9.59 Å². The van der Waals surface area contributed by atoms with E-state index in [4.69, 9.17) is 9.84 Å². The number of carboxylic acid groups (broad SMARTS) is 1. The largest absolute Gasteiger partial charge is 0.482 e. The number of rotatable bonds is 4. The zero-order valence-electron chi connectivity index (χ0n) is 13.0. The van der Waals surface area contributed by atoms with E-state index >= 15 is 0 Å². The van der Waals surface area contributed by atoms with Gasteiger partial charge in [-0.2, -0.15) is 0 Å². The molecular weight excluding hydrogens is 324 g/mol. The minimum absolute atomic E-state index is 0.0119. The van der Waals surface area contributed by atoms with Gasteiger partial charge in [0.05, 0.1) is 16.9 Å². The molecule has 0 saturated carbocycles. The van der Waals surface area contributed by atoms with Crippen molar-refractivity contribution in [3.63, 3.8) is 0 Å². The van der Waals surface area contributed by atoms with E-state index in [1.165, 1.54) is 18.2 Å². The van der Waals surface area contributed by atoms with Crippen LogP contribution in [0.25, 0.3) is 6.08 Å². The van der Waals surface area contributed by atoms with E-state index in [1.807, 2.05) is 0 Å². The molecule has 0 fully saturated rings. The summed E-state index contributed by atoms with van der Waals surface area (Å²) in [7, 11) is 0. The molecule has 25 heavy (non-hydrogen) atoms. The van der Waals surface area contributed by atoms with Crippen LogP contribution in [0.2, 0.25) is 0 Å². The van der Waals surface area contributed by atoms with E-state index in [-0.39, 0.29) is 23.8 Å². The van der Waals surface area contributed by atoms with Crippen molar-refractivity contribution in [2.75, 3.05) is 17.2 Å². The summed E-state index contributed by atoms with van der Waals surface area (Å²) in [4.78, 5) is 34.5. The number of aromatic carboxylic acids is 1. The van der Waals surface area contributed by atoms with Crippen molar-refractivity contribution < 1.29 is 24.2 Å². The Bertz CT molecular complexity index is 889. The zero-order valence-corrected chi connectivity index (χ0v) is 13.0. The number of benzene rings is 2. The molecule has 126 valence electrons. The molecule has 7 nitrogen and oxygen atoms in total. The molecule has 0 spiro atoms. The average Bonchev–Trinajstić information content (AvgIpc) is 2.60. The van der Waals surface area contributed by atoms with E-state index in [0.29, 0.717) is 17.0 Å². The fraction of sp³-hybridized carbons (Fsp3) is 0.0556. The number of anilines is 2. The second-order valence-electron chi connectivity index (χ2n) is 5.27. The van der Waals surface area contributed by atoms with Crippen LogP contribution >= 0.6 is 0 Å². The monoisotopic (exact) mass is 338 g/mol. The van der Waals surface area contributed by atoms with Gasteiger partial charge in [-0.05, 0) is 35.9 Å². The zero-order chi connectivity index (χ0) is 17.8. The number of nitrogens with one attached hydrogen (secondary N) is 2. The molecule has 2 aromatic rings. The molecule has 3 N–H and O–H groups in total. The summed E-state index contributed by atoms with van der Waals surface area (Å²) >= 11 is 0. The first-order chi connectivity index (χ1) is 12.0. The maximum absolute atomic E-state index is 12.0. The number of hydrogen-bond acceptors (Lipinski definition) is 4. The Morgan fingerprint density at radius 2 is 2.00 bits per heavy atom. The van der Waals surface area contributed by atoms with Gasteiger partial charge in [0.1, 0.15) is 5.75 Å². The second kappa shape index (κ2) is 6.88. The standard InChI is InChI=1S/C18H14N2O5/c21-16(19-13-4-2-1-3-12(13)18(23)24)8-6-11-5-7-15-14(9-11)20-17(22)10-25-15/h1-9H,10H2,(H,19,21)(H,20,22)(H,23,24)/b8-6+. The average molecular weight is 338 g/mol. The Balaban J connectivity index is 1.72. The Hall–Kier alpha value is -3.61. The van der Waals surface area contributed by atoms with Crippen LogP contribution in [-0.4, -0.2) is 29.5 Å². The van der Waals surface area contributed by atoms with Gasteiger partial charge in [-0.1, -0.05) is 18.2 Å². The molecular formula is C18H14N2O5. The van der Waals surface area contributed by atoms with E-state index in [9.17, 15) is 14.4 Å². The topological polar surface area (TPSA) is 105 Å². The summed E-state index contributed by atoms with van der Waals surface area (Å²) in [5, 5.41) is 14.3. The number of hydrogen-bond donors (Lipinski definition) is 3. The highest BCUT2D eigenvalue weighted by molar-refractivity contribution is 6.06. The summed E-state index contributed by atoms with van der Waals surface area (Å²) in [6.45, 7) is -0.0203. The van der Waals surface area contributed by atoms with Crippen LogP contribution < -0.4 is 15.4 Å². The third kappa shape index (κ3) is 3.84. The van der Waals surface area contributed by atoms with Crippen LogP contribution in [0.3, 0.4) is 0 Å². The number of amides is 2. The predicted molar refractivity (Wildman–Crippen MR) is 91.6 cm³/mol. The molecule has 2 amide bonds. The second-order valence-corrected chi connectivity index (χ2v) is 5.27. The fourth-order valence-electron chi connectivity index (χ4n) is 2.33. The highest BCUT2D eigenvalue weighted by atomic mass is 16.5. The number of para-hydroxylation sites is 1. The van der Waals surface area contributed by atoms with Crippen molar-refractivity contribution in [3.8, 4) is 5.75 Å². The van der Waals surface area contributed by atoms with Crippen LogP contribution in [0, 0.1) is 0 Å². The summed E-state index contributed by atoms with van der Waals surface area (Å²) < 4.78 is 5.26. The summed E-state index contributed by atoms with van der Waals surface area (Å²) in [5.41, 5.74) is 1.45. The van der Waals surface area contributed by atoms with Crippen molar-refractivity contribution in [1.29, 1.82) is 0 Å². The highest BCUT2D eigenvalue weighted by Gasteiger charge is 2.15. The molecule has 3 rings (SSSR count). The fourth-order valence-corrected chi connectivity index (χ4v) is 2.33. The van der Waals surface area contributed by atoms with Crippen molar-refractivity contribution in [3.05, 3.63) is 59.7 Å². The SMILES string of the molecule is O=C(/C=C/c1ccc2c(c1)NC(=O)CO2)Nc1ccccc1C(=O)O. The highest BCUT2D eigenvalue weighted by Crippen LogP contribution is 2.28. The van der Waals surface area contributed by atoms with Gasteiger partial charge in [0, 0.05) is 6.08 Å². The van der Waals surface area contributed by atoms with Crippen molar-refractivity contribution in [2.24, 2.45) is 0 Å². The van der Waals surface area contributed by atoms with E-state index in [1.54, 1.807) is 36.4 Å². The lowest BCUT2D eigenvalue weighted by Crippen LogP contribution is -2.25. The molecule has 0 saturated heterocycles. The Labute approximate surface area is 142 Å². The van der Waals surface area contributed by atoms with Crippen LogP contribution in [0.1, 0.15) is 15.9 Å². The molecule has 0 atom stereocenters. The smallest absolute Gasteiger partial charge is 0.337 e. The van der Waals surface area contributed by atoms with Crippen molar-refractivity contribution in [1.82, 2.24) is 0 Å². The number of ether oxygens (including phenoxy) is 1. The van der Waals surface area contributed by atoms with Gasteiger partial charge in [-0.15, -0.1) is 0 Å². The first-order valence-electron chi connectivity index (χ1n) is 7.41. The van der Waals surface area contributed by atoms with Gasteiger partial charge >= 0.3 is 5.97 Å². The number of fused-ring (bicyclic) bond motifs is 1. The van der Waals surface area contributed by atoms with Crippen LogP contribution in [0.5, 0.6) is 5.75 Å². The van der Waals surface area contributed by atoms with E-state index < -0.39 is 11.9 Å². The van der Waals surface area contributed by atoms with Crippen molar-refractivity contribution >= 4 is 35.2 Å². The predicted octanol–water partition coefficient (Wildman–Crippen LogP) is 2.37. The van der Waals surface area contributed by atoms with Gasteiger partial charge in [-0.25, -0.2) is 4.79 Å². The molecule has 1 aliphatic rings. The number of carbonyl (C=O) groups excluding carboxylic acids is 2. The van der Waals surface area contributed by atoms with Gasteiger partial charge in [0.25, 0.3) is 5.91 Å².